The van der Waals surface area contributed by atoms with Gasteiger partial charge in [-0.25, -0.2) is 0 Å². The molecule has 0 fully saturated rings. The van der Waals surface area contributed by atoms with Crippen LogP contribution >= 0.6 is 11.3 Å². The molecule has 0 saturated heterocycles. The minimum atomic E-state index is 0.242. The van der Waals surface area contributed by atoms with Crippen LogP contribution in [0.3, 0.4) is 0 Å². The molecule has 4 heteroatoms. The maximum atomic E-state index is 11.7. The monoisotopic (exact) mass is 240 g/mol. The zero-order valence-electron chi connectivity index (χ0n) is 10.0. The molecule has 0 radical (unpaired) electrons. The average molecular weight is 240 g/mol. The molecule has 0 bridgehead atoms. The molecule has 0 aromatic carbocycles. The normalized spacial score (nSPS) is 10.4. The molecule has 0 aliphatic carbocycles. The Morgan fingerprint density at radius 1 is 1.56 bits per heavy atom. The van der Waals surface area contributed by atoms with Crippen LogP contribution < -0.4 is 5.32 Å². The van der Waals surface area contributed by atoms with Crippen molar-refractivity contribution < 1.29 is 4.79 Å². The van der Waals surface area contributed by atoms with Crippen molar-refractivity contribution in [1.29, 1.82) is 0 Å². The Morgan fingerprint density at radius 2 is 2.38 bits per heavy atom. The largest absolute Gasteiger partial charge is 0.344 e. The van der Waals surface area contributed by atoms with E-state index in [1.54, 1.807) is 16.2 Å². The lowest BCUT2D eigenvalue weighted by molar-refractivity contribution is -0.129. The van der Waals surface area contributed by atoms with Gasteiger partial charge in [-0.1, -0.05) is 6.07 Å². The van der Waals surface area contributed by atoms with E-state index in [9.17, 15) is 4.79 Å². The number of rotatable bonds is 7. The third-order valence-electron chi connectivity index (χ3n) is 2.52. The van der Waals surface area contributed by atoms with E-state index in [-0.39, 0.29) is 5.91 Å². The van der Waals surface area contributed by atoms with Gasteiger partial charge in [0.15, 0.2) is 0 Å². The molecule has 1 aromatic heterocycles. The lowest BCUT2D eigenvalue weighted by atomic mass is 10.2. The van der Waals surface area contributed by atoms with Crippen molar-refractivity contribution in [3.8, 4) is 0 Å². The maximum Gasteiger partial charge on any atom is 0.222 e. The number of nitrogens with one attached hydrogen (secondary N) is 1. The minimum Gasteiger partial charge on any atom is -0.344 e. The summed E-state index contributed by atoms with van der Waals surface area (Å²) >= 11 is 1.76. The molecule has 0 spiro atoms. The van der Waals surface area contributed by atoms with Gasteiger partial charge in [0.25, 0.3) is 0 Å². The Morgan fingerprint density at radius 3 is 3.00 bits per heavy atom. The highest BCUT2D eigenvalue weighted by molar-refractivity contribution is 7.09. The van der Waals surface area contributed by atoms with Crippen LogP contribution in [0.25, 0.3) is 0 Å². The van der Waals surface area contributed by atoms with E-state index in [1.165, 1.54) is 4.88 Å². The number of likely N-dealkylation sites (N-methyl/N-ethyl adjacent to an activating group) is 2. The molecule has 0 aliphatic rings. The molecule has 0 unspecified atom stereocenters. The molecule has 0 atom stereocenters. The zero-order valence-corrected chi connectivity index (χ0v) is 10.8. The highest BCUT2D eigenvalue weighted by Crippen LogP contribution is 2.12. The van der Waals surface area contributed by atoms with Gasteiger partial charge in [0.2, 0.25) is 5.91 Å². The average Bonchev–Trinajstić information content (AvgIpc) is 2.78. The summed E-state index contributed by atoms with van der Waals surface area (Å²) in [7, 11) is 3.76. The SMILES string of the molecule is CNCCN(C)C(=O)CCCc1cccs1. The molecule has 1 heterocycles. The van der Waals surface area contributed by atoms with Gasteiger partial charge in [-0.05, 0) is 31.3 Å². The first-order chi connectivity index (χ1) is 7.74. The van der Waals surface area contributed by atoms with Gasteiger partial charge in [-0.2, -0.15) is 0 Å². The topological polar surface area (TPSA) is 32.3 Å². The van der Waals surface area contributed by atoms with Crippen LogP contribution in [-0.4, -0.2) is 38.0 Å². The number of hydrogen-bond donors (Lipinski definition) is 1. The summed E-state index contributed by atoms with van der Waals surface area (Å²) in [5.74, 6) is 0.242. The second kappa shape index (κ2) is 7.41. The van der Waals surface area contributed by atoms with E-state index in [0.717, 1.165) is 25.9 Å². The number of nitrogens with zero attached hydrogens (tertiary/aromatic N) is 1. The Labute approximate surface area is 101 Å². The van der Waals surface area contributed by atoms with E-state index in [4.69, 9.17) is 0 Å². The molecular weight excluding hydrogens is 220 g/mol. The first-order valence-electron chi connectivity index (χ1n) is 5.65. The van der Waals surface area contributed by atoms with Gasteiger partial charge in [-0.15, -0.1) is 11.3 Å². The van der Waals surface area contributed by atoms with Gasteiger partial charge < -0.3 is 10.2 Å². The highest BCUT2D eigenvalue weighted by atomic mass is 32.1. The Bertz CT molecular complexity index is 298. The Kier molecular flexibility index (Phi) is 6.11. The van der Waals surface area contributed by atoms with Gasteiger partial charge in [0.05, 0.1) is 0 Å². The van der Waals surface area contributed by atoms with Crippen LogP contribution in [0.15, 0.2) is 17.5 Å². The fourth-order valence-corrected chi connectivity index (χ4v) is 2.21. The summed E-state index contributed by atoms with van der Waals surface area (Å²) in [6, 6.07) is 4.18. The van der Waals surface area contributed by atoms with Crippen molar-refractivity contribution >= 4 is 17.2 Å². The highest BCUT2D eigenvalue weighted by Gasteiger charge is 2.07. The maximum absolute atomic E-state index is 11.7. The number of aryl methyl sites for hydroxylation is 1. The molecular formula is C12H20N2OS. The van der Waals surface area contributed by atoms with Crippen LogP contribution in [0.2, 0.25) is 0 Å². The fraction of sp³-hybridized carbons (Fsp3) is 0.583. The van der Waals surface area contributed by atoms with Gasteiger partial charge in [-0.3, -0.25) is 4.79 Å². The number of hydrogen-bond acceptors (Lipinski definition) is 3. The third-order valence-corrected chi connectivity index (χ3v) is 3.45. The molecule has 16 heavy (non-hydrogen) atoms. The summed E-state index contributed by atoms with van der Waals surface area (Å²) in [4.78, 5) is 14.8. The number of carbonyl (C=O) groups excluding carboxylic acids is 1. The van der Waals surface area contributed by atoms with Crippen LogP contribution in [-0.2, 0) is 11.2 Å². The van der Waals surface area contributed by atoms with Gasteiger partial charge >= 0.3 is 0 Å². The summed E-state index contributed by atoms with van der Waals surface area (Å²) in [6.45, 7) is 1.64. The van der Waals surface area contributed by atoms with Crippen molar-refractivity contribution in [2.75, 3.05) is 27.2 Å². The minimum absolute atomic E-state index is 0.242. The predicted octanol–water partition coefficient (Wildman–Crippen LogP) is 1.75. The lowest BCUT2D eigenvalue weighted by Crippen LogP contribution is -2.32. The summed E-state index contributed by atoms with van der Waals surface area (Å²) in [5.41, 5.74) is 0. The second-order valence-electron chi connectivity index (χ2n) is 3.85. The summed E-state index contributed by atoms with van der Waals surface area (Å²) < 4.78 is 0. The summed E-state index contributed by atoms with van der Waals surface area (Å²) in [6.07, 6.45) is 2.62. The van der Waals surface area contributed by atoms with Crippen molar-refractivity contribution in [1.82, 2.24) is 10.2 Å². The Balaban J connectivity index is 2.14. The quantitative estimate of drug-likeness (QED) is 0.787. The molecule has 1 rings (SSSR count). The first-order valence-corrected chi connectivity index (χ1v) is 6.53. The molecule has 1 N–H and O–H groups in total. The van der Waals surface area contributed by atoms with E-state index in [0.29, 0.717) is 6.42 Å². The van der Waals surface area contributed by atoms with E-state index in [1.807, 2.05) is 14.1 Å². The molecule has 3 nitrogen and oxygen atoms in total. The number of amides is 1. The van der Waals surface area contributed by atoms with Crippen molar-refractivity contribution in [2.24, 2.45) is 0 Å². The van der Waals surface area contributed by atoms with Gasteiger partial charge in [0.1, 0.15) is 0 Å². The molecule has 90 valence electrons. The number of thiophene rings is 1. The predicted molar refractivity (Wildman–Crippen MR) is 68.8 cm³/mol. The molecule has 1 amide bonds. The van der Waals surface area contributed by atoms with E-state index in [2.05, 4.69) is 22.8 Å². The lowest BCUT2D eigenvalue weighted by Gasteiger charge is -2.16. The molecule has 1 aromatic rings. The molecule has 0 aliphatic heterocycles. The van der Waals surface area contributed by atoms with E-state index < -0.39 is 0 Å². The fourth-order valence-electron chi connectivity index (χ4n) is 1.46. The van der Waals surface area contributed by atoms with Crippen LogP contribution in [0.5, 0.6) is 0 Å². The molecule has 0 saturated carbocycles. The van der Waals surface area contributed by atoms with E-state index >= 15 is 0 Å². The van der Waals surface area contributed by atoms with Crippen molar-refractivity contribution in [3.63, 3.8) is 0 Å². The second-order valence-corrected chi connectivity index (χ2v) is 4.88. The zero-order chi connectivity index (χ0) is 11.8. The standard InChI is InChI=1S/C12H20N2OS/c1-13-8-9-14(2)12(15)7-3-5-11-6-4-10-16-11/h4,6,10,13H,3,5,7-9H2,1-2H3. The van der Waals surface area contributed by atoms with Crippen LogP contribution in [0.4, 0.5) is 0 Å². The smallest absolute Gasteiger partial charge is 0.222 e. The van der Waals surface area contributed by atoms with Crippen LogP contribution in [0, 0.1) is 0 Å². The third kappa shape index (κ3) is 4.77. The van der Waals surface area contributed by atoms with Gasteiger partial charge in [0, 0.05) is 31.4 Å². The summed E-state index contributed by atoms with van der Waals surface area (Å²) in [5, 5.41) is 5.12. The number of carbonyl (C=O) groups is 1. The van der Waals surface area contributed by atoms with Crippen molar-refractivity contribution in [3.05, 3.63) is 22.4 Å². The Hall–Kier alpha value is -0.870. The van der Waals surface area contributed by atoms with Crippen LogP contribution in [0.1, 0.15) is 17.7 Å². The van der Waals surface area contributed by atoms with Crippen molar-refractivity contribution in [2.45, 2.75) is 19.3 Å². The first kappa shape index (κ1) is 13.2.